The molecule has 0 saturated heterocycles. The highest BCUT2D eigenvalue weighted by Gasteiger charge is 2.24. The number of aliphatic carboxylic acids is 1. The lowest BCUT2D eigenvalue weighted by atomic mass is 10.1. The highest BCUT2D eigenvalue weighted by Crippen LogP contribution is 2.02. The van der Waals surface area contributed by atoms with Gasteiger partial charge in [0.2, 0.25) is 17.7 Å². The van der Waals surface area contributed by atoms with E-state index >= 15 is 0 Å². The van der Waals surface area contributed by atoms with Crippen molar-refractivity contribution >= 4 is 23.7 Å². The molecule has 0 bridgehead atoms. The first-order valence-electron chi connectivity index (χ1n) is 6.81. The van der Waals surface area contributed by atoms with E-state index in [1.807, 2.05) is 0 Å². The molecule has 0 rings (SSSR count). The molecule has 0 aromatic heterocycles. The zero-order valence-electron chi connectivity index (χ0n) is 12.2. The number of carbonyl (C=O) groups is 4. The Morgan fingerprint density at radius 2 is 1.73 bits per heavy atom. The maximum Gasteiger partial charge on any atom is 0.322 e. The van der Waals surface area contributed by atoms with E-state index in [0.717, 1.165) is 0 Å². The van der Waals surface area contributed by atoms with Crippen LogP contribution in [0.2, 0.25) is 0 Å². The lowest BCUT2D eigenvalue weighted by Gasteiger charge is -2.20. The van der Waals surface area contributed by atoms with Gasteiger partial charge in [-0.25, -0.2) is 0 Å². The normalized spacial score (nSPS) is 13.0. The van der Waals surface area contributed by atoms with Crippen molar-refractivity contribution in [2.75, 3.05) is 13.1 Å². The number of nitrogens with two attached hydrogens (primary N) is 3. The summed E-state index contributed by atoms with van der Waals surface area (Å²) in [6.07, 6.45) is 1.13. The van der Waals surface area contributed by atoms with Crippen LogP contribution in [0.25, 0.3) is 0 Å². The first kappa shape index (κ1) is 19.8. The average Bonchev–Trinajstić information content (AvgIpc) is 2.42. The van der Waals surface area contributed by atoms with Gasteiger partial charge in [0.1, 0.15) is 12.6 Å². The summed E-state index contributed by atoms with van der Waals surface area (Å²) < 4.78 is 0. The Morgan fingerprint density at radius 1 is 1.09 bits per heavy atom. The summed E-state index contributed by atoms with van der Waals surface area (Å²) in [6, 6.07) is -2.11. The molecule has 0 radical (unpaired) electrons. The molecule has 10 heteroatoms. The number of carboxylic acid groups (broad SMARTS) is 1. The molecule has 3 amide bonds. The van der Waals surface area contributed by atoms with Crippen LogP contribution in [0.1, 0.15) is 25.7 Å². The minimum absolute atomic E-state index is 0.275. The third-order valence-electron chi connectivity index (χ3n) is 2.75. The summed E-state index contributed by atoms with van der Waals surface area (Å²) in [5.74, 6) is -3.29. The second-order valence-corrected chi connectivity index (χ2v) is 4.73. The zero-order chi connectivity index (χ0) is 17.1. The quantitative estimate of drug-likeness (QED) is 0.219. The van der Waals surface area contributed by atoms with Crippen LogP contribution in [0.5, 0.6) is 0 Å². The number of rotatable bonds is 11. The fraction of sp³-hybridized carbons (Fsp3) is 0.667. The lowest BCUT2D eigenvalue weighted by molar-refractivity contribution is -0.138. The van der Waals surface area contributed by atoms with Crippen LogP contribution in [0.4, 0.5) is 0 Å². The van der Waals surface area contributed by atoms with E-state index in [4.69, 9.17) is 22.3 Å². The number of amides is 3. The summed E-state index contributed by atoms with van der Waals surface area (Å²) in [7, 11) is 0. The molecule has 0 fully saturated rings. The summed E-state index contributed by atoms with van der Waals surface area (Å²) >= 11 is 0. The van der Waals surface area contributed by atoms with Gasteiger partial charge in [0.25, 0.3) is 0 Å². The second-order valence-electron chi connectivity index (χ2n) is 4.73. The summed E-state index contributed by atoms with van der Waals surface area (Å²) in [5.41, 5.74) is 15.8. The fourth-order valence-corrected chi connectivity index (χ4v) is 1.64. The van der Waals surface area contributed by atoms with Crippen molar-refractivity contribution in [2.24, 2.45) is 17.2 Å². The molecular weight excluding hydrogens is 294 g/mol. The molecule has 126 valence electrons. The van der Waals surface area contributed by atoms with Crippen molar-refractivity contribution in [1.82, 2.24) is 10.6 Å². The fourth-order valence-electron chi connectivity index (χ4n) is 1.64. The van der Waals surface area contributed by atoms with Crippen molar-refractivity contribution in [3.05, 3.63) is 0 Å². The van der Waals surface area contributed by atoms with Crippen LogP contribution >= 0.6 is 0 Å². The minimum Gasteiger partial charge on any atom is -0.480 e. The van der Waals surface area contributed by atoms with E-state index in [-0.39, 0.29) is 12.8 Å². The smallest absolute Gasteiger partial charge is 0.322 e. The molecule has 2 atom stereocenters. The van der Waals surface area contributed by atoms with E-state index in [0.29, 0.717) is 19.4 Å². The van der Waals surface area contributed by atoms with Gasteiger partial charge in [0.15, 0.2) is 0 Å². The van der Waals surface area contributed by atoms with Gasteiger partial charge in [-0.1, -0.05) is 0 Å². The molecule has 0 aliphatic carbocycles. The zero-order valence-corrected chi connectivity index (χ0v) is 12.2. The molecule has 0 aromatic rings. The molecule has 0 aliphatic rings. The van der Waals surface area contributed by atoms with Gasteiger partial charge >= 0.3 is 5.97 Å². The van der Waals surface area contributed by atoms with E-state index < -0.39 is 42.3 Å². The highest BCUT2D eigenvalue weighted by atomic mass is 16.4. The van der Waals surface area contributed by atoms with E-state index in [1.165, 1.54) is 0 Å². The molecular formula is C12H23N5O5. The van der Waals surface area contributed by atoms with Crippen molar-refractivity contribution in [3.63, 3.8) is 0 Å². The van der Waals surface area contributed by atoms with E-state index in [2.05, 4.69) is 10.6 Å². The third-order valence-corrected chi connectivity index (χ3v) is 2.75. The van der Waals surface area contributed by atoms with Crippen molar-refractivity contribution in [2.45, 2.75) is 37.8 Å². The number of nitrogens with one attached hydrogen (secondary N) is 2. The molecule has 9 N–H and O–H groups in total. The van der Waals surface area contributed by atoms with Crippen molar-refractivity contribution in [3.8, 4) is 0 Å². The van der Waals surface area contributed by atoms with Gasteiger partial charge in [0.05, 0.1) is 12.5 Å². The Hall–Kier alpha value is -2.20. The maximum atomic E-state index is 11.9. The topological polar surface area (TPSA) is 191 Å². The number of hydrogen-bond acceptors (Lipinski definition) is 6. The third kappa shape index (κ3) is 8.87. The Kier molecular flexibility index (Phi) is 9.46. The predicted molar refractivity (Wildman–Crippen MR) is 77.3 cm³/mol. The number of unbranched alkanes of at least 4 members (excludes halogenated alkanes) is 1. The molecule has 22 heavy (non-hydrogen) atoms. The van der Waals surface area contributed by atoms with Crippen molar-refractivity contribution in [1.29, 1.82) is 0 Å². The molecule has 0 unspecified atom stereocenters. The Morgan fingerprint density at radius 3 is 2.23 bits per heavy atom. The van der Waals surface area contributed by atoms with Gasteiger partial charge in [-0.05, 0) is 25.8 Å². The minimum atomic E-state index is -1.20. The number of hydrogen-bond donors (Lipinski definition) is 6. The number of carboxylic acids is 1. The SMILES string of the molecule is NCCCC[C@H](NC(=O)[C@@H](N)CC(N)=O)C(=O)NCC(=O)O. The average molecular weight is 317 g/mol. The summed E-state index contributed by atoms with van der Waals surface area (Å²) in [5, 5.41) is 13.1. The first-order valence-corrected chi connectivity index (χ1v) is 6.81. The van der Waals surface area contributed by atoms with Crippen LogP contribution in [0, 0.1) is 0 Å². The number of carbonyl (C=O) groups excluding carboxylic acids is 3. The van der Waals surface area contributed by atoms with E-state index in [1.54, 1.807) is 0 Å². The number of primary amides is 1. The monoisotopic (exact) mass is 317 g/mol. The molecule has 0 spiro atoms. The Labute approximate surface area is 127 Å². The van der Waals surface area contributed by atoms with Crippen LogP contribution in [0.15, 0.2) is 0 Å². The molecule has 0 saturated carbocycles. The largest absolute Gasteiger partial charge is 0.480 e. The summed E-state index contributed by atoms with van der Waals surface area (Å²) in [4.78, 5) is 44.8. The van der Waals surface area contributed by atoms with Gasteiger partial charge in [-0.2, -0.15) is 0 Å². The molecule has 0 aliphatic heterocycles. The lowest BCUT2D eigenvalue weighted by Crippen LogP contribution is -2.52. The van der Waals surface area contributed by atoms with Gasteiger partial charge in [-0.15, -0.1) is 0 Å². The first-order chi connectivity index (χ1) is 10.3. The maximum absolute atomic E-state index is 11.9. The highest BCUT2D eigenvalue weighted by molar-refractivity contribution is 5.92. The van der Waals surface area contributed by atoms with E-state index in [9.17, 15) is 19.2 Å². The van der Waals surface area contributed by atoms with Crippen LogP contribution in [0.3, 0.4) is 0 Å². The predicted octanol–water partition coefficient (Wildman–Crippen LogP) is -3.00. The Bertz CT molecular complexity index is 415. The standard InChI is InChI=1S/C12H23N5O5/c13-4-2-1-3-8(12(22)16-6-10(19)20)17-11(21)7(14)5-9(15)18/h7-8H,1-6,13-14H2,(H2,15,18)(H,16,22)(H,17,21)(H,19,20)/t7-,8-/m0/s1. The summed E-state index contributed by atoms with van der Waals surface area (Å²) in [6.45, 7) is -0.131. The molecule has 0 aromatic carbocycles. The second kappa shape index (κ2) is 10.5. The van der Waals surface area contributed by atoms with Crippen LogP contribution < -0.4 is 27.8 Å². The van der Waals surface area contributed by atoms with Gasteiger partial charge in [-0.3, -0.25) is 19.2 Å². The Balaban J connectivity index is 4.62. The molecule has 10 nitrogen and oxygen atoms in total. The molecule has 0 heterocycles. The van der Waals surface area contributed by atoms with Crippen molar-refractivity contribution < 1.29 is 24.3 Å². The van der Waals surface area contributed by atoms with Crippen LogP contribution in [-0.4, -0.2) is 54.0 Å². The van der Waals surface area contributed by atoms with Crippen LogP contribution in [-0.2, 0) is 19.2 Å². The van der Waals surface area contributed by atoms with Gasteiger partial charge in [0, 0.05) is 0 Å². The van der Waals surface area contributed by atoms with Gasteiger partial charge < -0.3 is 32.9 Å².